The lowest BCUT2D eigenvalue weighted by molar-refractivity contribution is 0.413. The molecule has 1 atom stereocenters. The summed E-state index contributed by atoms with van der Waals surface area (Å²) in [7, 11) is 1.69. The van der Waals surface area contributed by atoms with Gasteiger partial charge in [-0.15, -0.1) is 0 Å². The van der Waals surface area contributed by atoms with Crippen LogP contribution in [0.1, 0.15) is 20.3 Å². The highest BCUT2D eigenvalue weighted by Gasteiger charge is 2.39. The lowest BCUT2D eigenvalue weighted by atomic mass is 9.96. The van der Waals surface area contributed by atoms with Crippen LogP contribution in [0, 0.1) is 0 Å². The SMILES string of the molecule is COc1cccc(N2CCC(N)C2(C)C)c1. The zero-order chi connectivity index (χ0) is 11.8. The molecule has 16 heavy (non-hydrogen) atoms. The molecule has 1 unspecified atom stereocenters. The molecule has 0 aromatic heterocycles. The van der Waals surface area contributed by atoms with E-state index in [1.54, 1.807) is 7.11 Å². The first kappa shape index (κ1) is 11.3. The van der Waals surface area contributed by atoms with Crippen molar-refractivity contribution in [1.29, 1.82) is 0 Å². The Balaban J connectivity index is 2.30. The Morgan fingerprint density at radius 1 is 1.44 bits per heavy atom. The molecule has 3 nitrogen and oxygen atoms in total. The molecular weight excluding hydrogens is 200 g/mol. The molecule has 1 saturated heterocycles. The molecule has 1 aromatic carbocycles. The average Bonchev–Trinajstić information content (AvgIpc) is 2.54. The minimum absolute atomic E-state index is 0.0202. The van der Waals surface area contributed by atoms with Crippen molar-refractivity contribution in [3.05, 3.63) is 24.3 Å². The van der Waals surface area contributed by atoms with Gasteiger partial charge in [-0.2, -0.15) is 0 Å². The summed E-state index contributed by atoms with van der Waals surface area (Å²) in [4.78, 5) is 2.36. The van der Waals surface area contributed by atoms with Crippen LogP contribution in [0.2, 0.25) is 0 Å². The third-order valence-electron chi connectivity index (χ3n) is 3.63. The van der Waals surface area contributed by atoms with Gasteiger partial charge in [0, 0.05) is 29.9 Å². The second kappa shape index (κ2) is 3.98. The molecule has 1 fully saturated rings. The van der Waals surface area contributed by atoms with Gasteiger partial charge in [0.05, 0.1) is 7.11 Å². The number of rotatable bonds is 2. The van der Waals surface area contributed by atoms with Gasteiger partial charge in [0.2, 0.25) is 0 Å². The Morgan fingerprint density at radius 3 is 2.75 bits per heavy atom. The largest absolute Gasteiger partial charge is 0.497 e. The van der Waals surface area contributed by atoms with Crippen LogP contribution in [0.3, 0.4) is 0 Å². The first-order chi connectivity index (χ1) is 7.55. The van der Waals surface area contributed by atoms with Crippen molar-refractivity contribution >= 4 is 5.69 Å². The van der Waals surface area contributed by atoms with E-state index in [0.29, 0.717) is 0 Å². The first-order valence-corrected chi connectivity index (χ1v) is 5.73. The van der Waals surface area contributed by atoms with Gasteiger partial charge in [-0.05, 0) is 32.4 Å². The Hall–Kier alpha value is -1.22. The Kier molecular flexibility index (Phi) is 2.80. The van der Waals surface area contributed by atoms with Crippen molar-refractivity contribution in [3.63, 3.8) is 0 Å². The number of nitrogens with two attached hydrogens (primary N) is 1. The number of benzene rings is 1. The van der Waals surface area contributed by atoms with E-state index in [4.69, 9.17) is 10.5 Å². The van der Waals surface area contributed by atoms with E-state index in [0.717, 1.165) is 18.7 Å². The Labute approximate surface area is 97.2 Å². The molecule has 0 bridgehead atoms. The van der Waals surface area contributed by atoms with Gasteiger partial charge in [0.1, 0.15) is 5.75 Å². The number of nitrogens with zero attached hydrogens (tertiary/aromatic N) is 1. The molecule has 2 N–H and O–H groups in total. The summed E-state index contributed by atoms with van der Waals surface area (Å²) < 4.78 is 5.25. The van der Waals surface area contributed by atoms with Gasteiger partial charge in [0.15, 0.2) is 0 Å². The third-order valence-corrected chi connectivity index (χ3v) is 3.63. The normalized spacial score (nSPS) is 23.5. The van der Waals surface area contributed by atoms with E-state index in [1.165, 1.54) is 5.69 Å². The highest BCUT2D eigenvalue weighted by atomic mass is 16.5. The summed E-state index contributed by atoms with van der Waals surface area (Å²) in [5, 5.41) is 0. The summed E-state index contributed by atoms with van der Waals surface area (Å²) in [5.41, 5.74) is 7.35. The molecule has 1 aliphatic rings. The van der Waals surface area contributed by atoms with Crippen molar-refractivity contribution in [2.45, 2.75) is 31.8 Å². The fourth-order valence-corrected chi connectivity index (χ4v) is 2.35. The van der Waals surface area contributed by atoms with Crippen molar-refractivity contribution in [2.75, 3.05) is 18.6 Å². The second-order valence-electron chi connectivity index (χ2n) is 4.90. The third kappa shape index (κ3) is 1.76. The fourth-order valence-electron chi connectivity index (χ4n) is 2.35. The van der Waals surface area contributed by atoms with E-state index in [2.05, 4.69) is 30.9 Å². The van der Waals surface area contributed by atoms with Gasteiger partial charge in [0.25, 0.3) is 0 Å². The minimum Gasteiger partial charge on any atom is -0.497 e. The van der Waals surface area contributed by atoms with E-state index >= 15 is 0 Å². The molecule has 88 valence electrons. The maximum absolute atomic E-state index is 6.14. The van der Waals surface area contributed by atoms with Crippen LogP contribution in [0.25, 0.3) is 0 Å². The summed E-state index contributed by atoms with van der Waals surface area (Å²) in [6, 6.07) is 8.40. The lowest BCUT2D eigenvalue weighted by Gasteiger charge is -2.36. The number of hydrogen-bond donors (Lipinski definition) is 1. The topological polar surface area (TPSA) is 38.5 Å². The lowest BCUT2D eigenvalue weighted by Crippen LogP contribution is -2.48. The van der Waals surface area contributed by atoms with Gasteiger partial charge >= 0.3 is 0 Å². The Bertz CT molecular complexity index is 376. The van der Waals surface area contributed by atoms with Crippen LogP contribution in [0.4, 0.5) is 5.69 Å². The smallest absolute Gasteiger partial charge is 0.120 e. The average molecular weight is 220 g/mol. The first-order valence-electron chi connectivity index (χ1n) is 5.73. The monoisotopic (exact) mass is 220 g/mol. The number of hydrogen-bond acceptors (Lipinski definition) is 3. The maximum atomic E-state index is 6.14. The molecule has 0 spiro atoms. The number of ether oxygens (including phenoxy) is 1. The van der Waals surface area contributed by atoms with Crippen LogP contribution < -0.4 is 15.4 Å². The molecule has 1 heterocycles. The fraction of sp³-hybridized carbons (Fsp3) is 0.538. The van der Waals surface area contributed by atoms with Crippen molar-refractivity contribution in [1.82, 2.24) is 0 Å². The molecule has 1 aliphatic heterocycles. The summed E-state index contributed by atoms with van der Waals surface area (Å²) in [6.07, 6.45) is 1.05. The Morgan fingerprint density at radius 2 is 2.19 bits per heavy atom. The quantitative estimate of drug-likeness (QED) is 0.828. The predicted molar refractivity (Wildman–Crippen MR) is 67.0 cm³/mol. The summed E-state index contributed by atoms with van der Waals surface area (Å²) in [6.45, 7) is 5.41. The summed E-state index contributed by atoms with van der Waals surface area (Å²) in [5.74, 6) is 0.897. The molecule has 0 amide bonds. The molecule has 0 saturated carbocycles. The second-order valence-corrected chi connectivity index (χ2v) is 4.90. The molecule has 0 aliphatic carbocycles. The van der Waals surface area contributed by atoms with Crippen LogP contribution in [0.5, 0.6) is 5.75 Å². The highest BCUT2D eigenvalue weighted by molar-refractivity contribution is 5.54. The summed E-state index contributed by atoms with van der Waals surface area (Å²) >= 11 is 0. The number of methoxy groups -OCH3 is 1. The van der Waals surface area contributed by atoms with Crippen LogP contribution in [-0.2, 0) is 0 Å². The molecule has 3 heteroatoms. The predicted octanol–water partition coefficient (Wildman–Crippen LogP) is 2.01. The molecule has 0 radical (unpaired) electrons. The maximum Gasteiger partial charge on any atom is 0.120 e. The van der Waals surface area contributed by atoms with Gasteiger partial charge < -0.3 is 15.4 Å². The van der Waals surface area contributed by atoms with Crippen LogP contribution in [0.15, 0.2) is 24.3 Å². The van der Waals surface area contributed by atoms with E-state index < -0.39 is 0 Å². The minimum atomic E-state index is 0.0202. The van der Waals surface area contributed by atoms with Gasteiger partial charge in [-0.25, -0.2) is 0 Å². The van der Waals surface area contributed by atoms with Crippen LogP contribution in [-0.4, -0.2) is 25.2 Å². The van der Waals surface area contributed by atoms with E-state index in [-0.39, 0.29) is 11.6 Å². The molecule has 2 rings (SSSR count). The molecular formula is C13H20N2O. The van der Waals surface area contributed by atoms with Crippen LogP contribution >= 0.6 is 0 Å². The van der Waals surface area contributed by atoms with E-state index in [1.807, 2.05) is 12.1 Å². The van der Waals surface area contributed by atoms with Crippen molar-refractivity contribution in [2.24, 2.45) is 5.73 Å². The zero-order valence-electron chi connectivity index (χ0n) is 10.2. The zero-order valence-corrected chi connectivity index (χ0v) is 10.2. The highest BCUT2D eigenvalue weighted by Crippen LogP contribution is 2.34. The van der Waals surface area contributed by atoms with Gasteiger partial charge in [-0.1, -0.05) is 6.07 Å². The van der Waals surface area contributed by atoms with Crippen molar-refractivity contribution in [3.8, 4) is 5.75 Å². The van der Waals surface area contributed by atoms with Gasteiger partial charge in [-0.3, -0.25) is 0 Å². The van der Waals surface area contributed by atoms with Crippen molar-refractivity contribution < 1.29 is 4.74 Å². The standard InChI is InChI=1S/C13H20N2O/c1-13(2)12(14)7-8-15(13)10-5-4-6-11(9-10)16-3/h4-6,9,12H,7-8,14H2,1-3H3. The number of anilines is 1. The molecule has 1 aromatic rings. The van der Waals surface area contributed by atoms with E-state index in [9.17, 15) is 0 Å².